The Kier molecular flexibility index (Phi) is 35.5. The number of aliphatic hydroxyl groups excluding tert-OH is 1. The van der Waals surface area contributed by atoms with E-state index in [1.54, 1.807) is 0 Å². The van der Waals surface area contributed by atoms with Gasteiger partial charge in [-0.05, 0) is 12.8 Å². The summed E-state index contributed by atoms with van der Waals surface area (Å²) in [6, 6.07) is 0. The molecule has 5 heteroatoms. The Morgan fingerprint density at radius 2 is 0.591 bits per heavy atom. The van der Waals surface area contributed by atoms with E-state index in [1.807, 2.05) is 0 Å². The predicted molar refractivity (Wildman–Crippen MR) is 187 cm³/mol. The van der Waals surface area contributed by atoms with Gasteiger partial charge in [0.15, 0.2) is 0 Å². The highest BCUT2D eigenvalue weighted by molar-refractivity contribution is 5.69. The van der Waals surface area contributed by atoms with Crippen LogP contribution in [0.1, 0.15) is 219 Å². The van der Waals surface area contributed by atoms with E-state index in [0.29, 0.717) is 12.8 Å². The summed E-state index contributed by atoms with van der Waals surface area (Å²) in [6.07, 6.45) is 38.7. The summed E-state index contributed by atoms with van der Waals surface area (Å²) in [5, 5.41) is 10.00. The zero-order valence-electron chi connectivity index (χ0n) is 29.7. The smallest absolute Gasteiger partial charge is 0.305 e. The molecule has 0 aromatic rings. The van der Waals surface area contributed by atoms with E-state index in [1.165, 1.54) is 167 Å². The quantitative estimate of drug-likeness (QED) is 0.0554. The molecule has 0 saturated carbocycles. The molecule has 0 saturated heterocycles. The molecule has 0 aliphatic carbocycles. The number of unbranched alkanes of at least 4 members (excludes halogenated alkanes) is 28. The van der Waals surface area contributed by atoms with Crippen LogP contribution in [0.3, 0.4) is 0 Å². The monoisotopic (exact) mass is 625 g/mol. The number of hydrogen-bond donors (Lipinski definition) is 1. The van der Waals surface area contributed by atoms with Crippen molar-refractivity contribution in [3.63, 3.8) is 0 Å². The number of carbonyl (C=O) groups is 2. The normalized spacial score (nSPS) is 12.0. The summed E-state index contributed by atoms with van der Waals surface area (Å²) in [5.41, 5.74) is 0. The Balaban J connectivity index is 3.37. The Hall–Kier alpha value is -1.10. The second-order valence-corrected chi connectivity index (χ2v) is 13.4. The van der Waals surface area contributed by atoms with Gasteiger partial charge >= 0.3 is 11.9 Å². The third-order valence-electron chi connectivity index (χ3n) is 8.84. The van der Waals surface area contributed by atoms with E-state index in [0.717, 1.165) is 25.7 Å². The Labute approximate surface area is 274 Å². The molecule has 0 aliphatic rings. The van der Waals surface area contributed by atoms with Crippen LogP contribution in [0.15, 0.2) is 0 Å². The zero-order valence-corrected chi connectivity index (χ0v) is 29.7. The molecule has 5 nitrogen and oxygen atoms in total. The summed E-state index contributed by atoms with van der Waals surface area (Å²) in [6.45, 7) is 4.33. The topological polar surface area (TPSA) is 72.8 Å². The molecule has 44 heavy (non-hydrogen) atoms. The largest absolute Gasteiger partial charge is 0.463 e. The molecule has 0 fully saturated rings. The van der Waals surface area contributed by atoms with Crippen molar-refractivity contribution >= 4 is 11.9 Å². The van der Waals surface area contributed by atoms with Gasteiger partial charge < -0.3 is 14.6 Å². The maximum Gasteiger partial charge on any atom is 0.305 e. The molecule has 0 bridgehead atoms. The second kappa shape index (κ2) is 36.4. The molecule has 1 N–H and O–H groups in total. The van der Waals surface area contributed by atoms with Crippen LogP contribution < -0.4 is 0 Å². The van der Waals surface area contributed by atoms with Crippen molar-refractivity contribution in [1.29, 1.82) is 0 Å². The summed E-state index contributed by atoms with van der Waals surface area (Å²) < 4.78 is 10.3. The van der Waals surface area contributed by atoms with Crippen LogP contribution in [0.4, 0.5) is 0 Å². The lowest BCUT2D eigenvalue weighted by Gasteiger charge is -2.12. The van der Waals surface area contributed by atoms with Crippen molar-refractivity contribution in [2.24, 2.45) is 0 Å². The van der Waals surface area contributed by atoms with E-state index >= 15 is 0 Å². The van der Waals surface area contributed by atoms with Crippen molar-refractivity contribution in [3.05, 3.63) is 0 Å². The minimum Gasteiger partial charge on any atom is -0.463 e. The fourth-order valence-electron chi connectivity index (χ4n) is 5.85. The molecule has 0 radical (unpaired) electrons. The van der Waals surface area contributed by atoms with Gasteiger partial charge in [0.1, 0.15) is 19.3 Å². The van der Waals surface area contributed by atoms with Crippen LogP contribution >= 0.6 is 0 Å². The number of ether oxygens (including phenoxy) is 2. The number of esters is 2. The van der Waals surface area contributed by atoms with E-state index in [2.05, 4.69) is 13.8 Å². The summed E-state index contributed by atoms with van der Waals surface area (Å²) >= 11 is 0. The molecule has 0 aromatic heterocycles. The first-order chi connectivity index (χ1) is 21.6. The van der Waals surface area contributed by atoms with Gasteiger partial charge in [0.25, 0.3) is 0 Å². The highest BCUT2D eigenvalue weighted by atomic mass is 16.6. The predicted octanol–water partition coefficient (Wildman–Crippen LogP) is 12.0. The van der Waals surface area contributed by atoms with Crippen LogP contribution in [0.25, 0.3) is 0 Å². The highest BCUT2D eigenvalue weighted by Gasteiger charge is 2.12. The van der Waals surface area contributed by atoms with E-state index in [4.69, 9.17) is 9.47 Å². The number of rotatable bonds is 36. The van der Waals surface area contributed by atoms with Gasteiger partial charge in [-0.25, -0.2) is 0 Å². The average Bonchev–Trinajstić information content (AvgIpc) is 3.02. The van der Waals surface area contributed by atoms with Crippen molar-refractivity contribution in [2.45, 2.75) is 225 Å². The third-order valence-corrected chi connectivity index (χ3v) is 8.84. The maximum absolute atomic E-state index is 12.0. The van der Waals surface area contributed by atoms with Crippen LogP contribution in [0.2, 0.25) is 0 Å². The SMILES string of the molecule is CCCCCCCCCCCCCCCCCCC(=O)OCC(O)COC(=O)CCCCCCCCCCCCCCCC. The minimum absolute atomic E-state index is 0.107. The first-order valence-electron chi connectivity index (χ1n) is 19.6. The fraction of sp³-hybridized carbons (Fsp3) is 0.949. The Bertz CT molecular complexity index is 593. The third kappa shape index (κ3) is 35.4. The molecule has 0 aliphatic heterocycles. The first-order valence-corrected chi connectivity index (χ1v) is 19.6. The number of hydrogen-bond acceptors (Lipinski definition) is 5. The standard InChI is InChI=1S/C39H76O5/c1-3-5-7-9-11-13-15-17-19-20-22-24-26-28-30-32-34-39(42)44-36-37(40)35-43-38(41)33-31-29-27-25-23-21-18-16-14-12-10-8-6-4-2/h37,40H,3-36H2,1-2H3. The molecule has 1 unspecified atom stereocenters. The lowest BCUT2D eigenvalue weighted by atomic mass is 10.0. The second-order valence-electron chi connectivity index (χ2n) is 13.4. The first kappa shape index (κ1) is 42.9. The van der Waals surface area contributed by atoms with Gasteiger partial charge in [-0.1, -0.05) is 194 Å². The summed E-state index contributed by atoms with van der Waals surface area (Å²) in [4.78, 5) is 23.9. The van der Waals surface area contributed by atoms with Gasteiger partial charge in [-0.3, -0.25) is 9.59 Å². The minimum atomic E-state index is -0.954. The Morgan fingerprint density at radius 1 is 0.386 bits per heavy atom. The summed E-state index contributed by atoms with van der Waals surface area (Å²) in [7, 11) is 0. The lowest BCUT2D eigenvalue weighted by Crippen LogP contribution is -2.25. The average molecular weight is 625 g/mol. The van der Waals surface area contributed by atoms with Crippen LogP contribution in [-0.2, 0) is 19.1 Å². The lowest BCUT2D eigenvalue weighted by molar-refractivity contribution is -0.152. The molecule has 0 aromatic carbocycles. The zero-order chi connectivity index (χ0) is 32.2. The molecule has 262 valence electrons. The van der Waals surface area contributed by atoms with Crippen LogP contribution in [0, 0.1) is 0 Å². The fourth-order valence-corrected chi connectivity index (χ4v) is 5.85. The number of carbonyl (C=O) groups excluding carboxylic acids is 2. The van der Waals surface area contributed by atoms with Gasteiger partial charge in [-0.2, -0.15) is 0 Å². The van der Waals surface area contributed by atoms with Crippen molar-refractivity contribution in [2.75, 3.05) is 13.2 Å². The van der Waals surface area contributed by atoms with Gasteiger partial charge in [-0.15, -0.1) is 0 Å². The van der Waals surface area contributed by atoms with Crippen LogP contribution in [-0.4, -0.2) is 36.4 Å². The molecule has 0 amide bonds. The van der Waals surface area contributed by atoms with Gasteiger partial charge in [0.2, 0.25) is 0 Å². The van der Waals surface area contributed by atoms with Crippen molar-refractivity contribution in [3.8, 4) is 0 Å². The van der Waals surface area contributed by atoms with Gasteiger partial charge in [0.05, 0.1) is 0 Å². The molecule has 0 rings (SSSR count). The molecule has 0 heterocycles. The highest BCUT2D eigenvalue weighted by Crippen LogP contribution is 2.15. The van der Waals surface area contributed by atoms with Crippen molar-refractivity contribution in [1.82, 2.24) is 0 Å². The Morgan fingerprint density at radius 3 is 0.818 bits per heavy atom. The van der Waals surface area contributed by atoms with E-state index < -0.39 is 6.10 Å². The summed E-state index contributed by atoms with van der Waals surface area (Å²) in [5.74, 6) is -0.550. The van der Waals surface area contributed by atoms with Crippen molar-refractivity contribution < 1.29 is 24.2 Å². The van der Waals surface area contributed by atoms with E-state index in [-0.39, 0.29) is 25.2 Å². The number of aliphatic hydroxyl groups is 1. The molecular formula is C39H76O5. The molecule has 1 atom stereocenters. The maximum atomic E-state index is 12.0. The molecular weight excluding hydrogens is 548 g/mol. The molecule has 0 spiro atoms. The van der Waals surface area contributed by atoms with Gasteiger partial charge in [0, 0.05) is 12.8 Å². The van der Waals surface area contributed by atoms with E-state index in [9.17, 15) is 14.7 Å². The van der Waals surface area contributed by atoms with Crippen LogP contribution in [0.5, 0.6) is 0 Å².